The summed E-state index contributed by atoms with van der Waals surface area (Å²) in [6, 6.07) is 7.64. The highest BCUT2D eigenvalue weighted by Gasteiger charge is 2.27. The van der Waals surface area contributed by atoms with Crippen molar-refractivity contribution >= 4 is 16.7 Å². The molecule has 1 N–H and O–H groups in total. The van der Waals surface area contributed by atoms with Crippen LogP contribution in [0.4, 0.5) is 10.2 Å². The molecule has 1 saturated carbocycles. The van der Waals surface area contributed by atoms with E-state index in [0.29, 0.717) is 11.3 Å². The maximum atomic E-state index is 14.4. The molecule has 0 bridgehead atoms. The van der Waals surface area contributed by atoms with Gasteiger partial charge < -0.3 is 10.1 Å². The van der Waals surface area contributed by atoms with E-state index in [9.17, 15) is 4.39 Å². The Morgan fingerprint density at radius 1 is 1.18 bits per heavy atom. The van der Waals surface area contributed by atoms with Crippen molar-refractivity contribution in [3.63, 3.8) is 0 Å². The van der Waals surface area contributed by atoms with Gasteiger partial charge in [0.15, 0.2) is 11.6 Å². The lowest BCUT2D eigenvalue weighted by Gasteiger charge is -2.29. The first-order valence-corrected chi connectivity index (χ1v) is 11.6. The SMILES string of the molecule is CCNc1cc2c(cn1)c(-c1cnn(C)c1)nn2C1CCC(Oc2cccc(C)c2F)CC1. The van der Waals surface area contributed by atoms with Crippen LogP contribution in [0.5, 0.6) is 5.75 Å². The van der Waals surface area contributed by atoms with Gasteiger partial charge in [-0.15, -0.1) is 0 Å². The Bertz CT molecular complexity index is 1270. The average molecular weight is 449 g/mol. The zero-order chi connectivity index (χ0) is 22.9. The molecule has 1 aliphatic carbocycles. The Balaban J connectivity index is 1.41. The molecule has 8 heteroatoms. The number of benzene rings is 1. The normalized spacial score (nSPS) is 18.5. The van der Waals surface area contributed by atoms with Gasteiger partial charge in [0, 0.05) is 43.0 Å². The number of halogens is 1. The smallest absolute Gasteiger partial charge is 0.167 e. The zero-order valence-corrected chi connectivity index (χ0v) is 19.3. The minimum Gasteiger partial charge on any atom is -0.487 e. The van der Waals surface area contributed by atoms with Crippen molar-refractivity contribution in [2.24, 2.45) is 7.05 Å². The minimum atomic E-state index is -0.262. The number of rotatable bonds is 6. The summed E-state index contributed by atoms with van der Waals surface area (Å²) in [5.41, 5.74) is 3.55. The van der Waals surface area contributed by atoms with Crippen molar-refractivity contribution in [3.05, 3.63) is 54.2 Å². The standard InChI is InChI=1S/C25H29FN6O/c1-4-27-23-12-21-20(14-28-23)25(17-13-29-31(3)15-17)30-32(21)18-8-10-19(11-9-18)33-22-7-5-6-16(2)24(22)26/h5-7,12-15,18-19H,4,8-11H2,1-3H3,(H,27,28). The van der Waals surface area contributed by atoms with E-state index in [1.165, 1.54) is 0 Å². The fraction of sp³-hybridized carbons (Fsp3) is 0.400. The molecule has 0 amide bonds. The van der Waals surface area contributed by atoms with Crippen molar-refractivity contribution in [3.8, 4) is 17.0 Å². The van der Waals surface area contributed by atoms with Gasteiger partial charge in [0.2, 0.25) is 0 Å². The molecule has 7 nitrogen and oxygen atoms in total. The average Bonchev–Trinajstić information content (AvgIpc) is 3.41. The van der Waals surface area contributed by atoms with Gasteiger partial charge in [-0.3, -0.25) is 9.36 Å². The van der Waals surface area contributed by atoms with Gasteiger partial charge in [-0.2, -0.15) is 10.2 Å². The zero-order valence-electron chi connectivity index (χ0n) is 19.3. The number of pyridine rings is 1. The highest BCUT2D eigenvalue weighted by molar-refractivity contribution is 5.93. The first-order chi connectivity index (χ1) is 16.0. The molecule has 0 atom stereocenters. The molecule has 0 radical (unpaired) electrons. The van der Waals surface area contributed by atoms with Crippen molar-refractivity contribution in [2.75, 3.05) is 11.9 Å². The summed E-state index contributed by atoms with van der Waals surface area (Å²) in [7, 11) is 1.91. The van der Waals surface area contributed by atoms with Crippen LogP contribution in [0.3, 0.4) is 0 Å². The molecule has 172 valence electrons. The fourth-order valence-electron chi connectivity index (χ4n) is 4.64. The van der Waals surface area contributed by atoms with Gasteiger partial charge in [0.05, 0.1) is 23.9 Å². The first-order valence-electron chi connectivity index (χ1n) is 11.6. The third-order valence-electron chi connectivity index (χ3n) is 6.37. The Morgan fingerprint density at radius 2 is 2.00 bits per heavy atom. The van der Waals surface area contributed by atoms with E-state index < -0.39 is 0 Å². The predicted octanol–water partition coefficient (Wildman–Crippen LogP) is 5.27. The van der Waals surface area contributed by atoms with Crippen LogP contribution in [0.25, 0.3) is 22.2 Å². The molecule has 1 fully saturated rings. The van der Waals surface area contributed by atoms with E-state index >= 15 is 0 Å². The second-order valence-electron chi connectivity index (χ2n) is 8.75. The van der Waals surface area contributed by atoms with Crippen molar-refractivity contribution < 1.29 is 9.13 Å². The van der Waals surface area contributed by atoms with Crippen LogP contribution in [0.2, 0.25) is 0 Å². The number of ether oxygens (including phenoxy) is 1. The van der Waals surface area contributed by atoms with Crippen LogP contribution in [-0.4, -0.2) is 37.2 Å². The lowest BCUT2D eigenvalue weighted by Crippen LogP contribution is -2.26. The van der Waals surface area contributed by atoms with Gasteiger partial charge in [-0.05, 0) is 51.2 Å². The van der Waals surface area contributed by atoms with E-state index in [1.54, 1.807) is 23.7 Å². The molecule has 0 aliphatic heterocycles. The van der Waals surface area contributed by atoms with Crippen LogP contribution < -0.4 is 10.1 Å². The molecule has 3 aromatic heterocycles. The summed E-state index contributed by atoms with van der Waals surface area (Å²) >= 11 is 0. The minimum absolute atomic E-state index is 0.0103. The van der Waals surface area contributed by atoms with Crippen LogP contribution in [0, 0.1) is 12.7 Å². The summed E-state index contributed by atoms with van der Waals surface area (Å²) in [6.45, 7) is 4.63. The number of anilines is 1. The van der Waals surface area contributed by atoms with E-state index in [1.807, 2.05) is 31.7 Å². The van der Waals surface area contributed by atoms with Gasteiger partial charge >= 0.3 is 0 Å². The van der Waals surface area contributed by atoms with Crippen LogP contribution in [-0.2, 0) is 7.05 Å². The quantitative estimate of drug-likeness (QED) is 0.435. The first kappa shape index (κ1) is 21.4. The second-order valence-corrected chi connectivity index (χ2v) is 8.75. The summed E-state index contributed by atoms with van der Waals surface area (Å²) in [4.78, 5) is 4.58. The maximum Gasteiger partial charge on any atom is 0.167 e. The van der Waals surface area contributed by atoms with E-state index in [2.05, 4.69) is 33.1 Å². The van der Waals surface area contributed by atoms with Crippen molar-refractivity contribution in [1.29, 1.82) is 0 Å². The number of nitrogens with one attached hydrogen (secondary N) is 1. The summed E-state index contributed by atoms with van der Waals surface area (Å²) < 4.78 is 24.3. The van der Waals surface area contributed by atoms with E-state index in [4.69, 9.17) is 9.84 Å². The topological polar surface area (TPSA) is 69.8 Å². The van der Waals surface area contributed by atoms with Crippen LogP contribution in [0.1, 0.15) is 44.2 Å². The number of hydrogen-bond donors (Lipinski definition) is 1. The molecule has 0 spiro atoms. The van der Waals surface area contributed by atoms with Gasteiger partial charge in [0.25, 0.3) is 0 Å². The molecule has 4 aromatic rings. The number of aryl methyl sites for hydroxylation is 2. The second kappa shape index (κ2) is 8.84. The third kappa shape index (κ3) is 4.17. The Kier molecular flexibility index (Phi) is 5.74. The highest BCUT2D eigenvalue weighted by Crippen LogP contribution is 2.36. The van der Waals surface area contributed by atoms with Crippen molar-refractivity contribution in [2.45, 2.75) is 51.7 Å². The number of fused-ring (bicyclic) bond motifs is 1. The molecule has 33 heavy (non-hydrogen) atoms. The Morgan fingerprint density at radius 3 is 2.73 bits per heavy atom. The summed E-state index contributed by atoms with van der Waals surface area (Å²) in [5.74, 6) is 0.932. The molecule has 5 rings (SSSR count). The molecule has 3 heterocycles. The van der Waals surface area contributed by atoms with E-state index in [0.717, 1.165) is 60.2 Å². The third-order valence-corrected chi connectivity index (χ3v) is 6.37. The van der Waals surface area contributed by atoms with Crippen molar-refractivity contribution in [1.82, 2.24) is 24.5 Å². The Labute approximate surface area is 192 Å². The van der Waals surface area contributed by atoms with Gasteiger partial charge in [0.1, 0.15) is 11.5 Å². The Hall–Kier alpha value is -3.42. The largest absolute Gasteiger partial charge is 0.487 e. The highest BCUT2D eigenvalue weighted by atomic mass is 19.1. The fourth-order valence-corrected chi connectivity index (χ4v) is 4.64. The monoisotopic (exact) mass is 448 g/mol. The number of hydrogen-bond acceptors (Lipinski definition) is 5. The predicted molar refractivity (Wildman–Crippen MR) is 127 cm³/mol. The molecule has 0 unspecified atom stereocenters. The summed E-state index contributed by atoms with van der Waals surface area (Å²) in [6.07, 6.45) is 9.27. The molecular formula is C25H29FN6O. The van der Waals surface area contributed by atoms with E-state index in [-0.39, 0.29) is 18.0 Å². The van der Waals surface area contributed by atoms with Crippen LogP contribution >= 0.6 is 0 Å². The summed E-state index contributed by atoms with van der Waals surface area (Å²) in [5, 5.41) is 13.7. The lowest BCUT2D eigenvalue weighted by atomic mass is 9.93. The lowest BCUT2D eigenvalue weighted by molar-refractivity contribution is 0.126. The number of nitrogens with zero attached hydrogens (tertiary/aromatic N) is 5. The van der Waals surface area contributed by atoms with Gasteiger partial charge in [-0.1, -0.05) is 12.1 Å². The van der Waals surface area contributed by atoms with Gasteiger partial charge in [-0.25, -0.2) is 9.37 Å². The molecule has 1 aliphatic rings. The molecule has 1 aromatic carbocycles. The van der Waals surface area contributed by atoms with Crippen LogP contribution in [0.15, 0.2) is 42.9 Å². The maximum absolute atomic E-state index is 14.4. The number of aromatic nitrogens is 5. The molecular weight excluding hydrogens is 419 g/mol. The molecule has 0 saturated heterocycles.